The SMILES string of the molecule is C[C@H]1CN(C(=O)c2onc3ncccc23)Cc2nnc(Cc3ccccc3)n21. The topological polar surface area (TPSA) is 89.9 Å². The molecule has 0 radical (unpaired) electrons. The maximum atomic E-state index is 13.0. The fraction of sp³-hybridized carbons (Fsp3) is 0.250. The fourth-order valence-corrected chi connectivity index (χ4v) is 3.75. The molecule has 0 N–H and O–H groups in total. The Hall–Kier alpha value is -3.55. The Balaban J connectivity index is 1.42. The van der Waals surface area contributed by atoms with E-state index >= 15 is 0 Å². The molecule has 1 aliphatic rings. The third-order valence-electron chi connectivity index (χ3n) is 5.04. The lowest BCUT2D eigenvalue weighted by Gasteiger charge is -2.32. The first kappa shape index (κ1) is 16.6. The number of pyridine rings is 1. The molecule has 0 fully saturated rings. The molecule has 1 aromatic carbocycles. The normalized spacial score (nSPS) is 16.3. The molecule has 4 heterocycles. The summed E-state index contributed by atoms with van der Waals surface area (Å²) in [5, 5.41) is 13.2. The van der Waals surface area contributed by atoms with Gasteiger partial charge in [0.1, 0.15) is 5.82 Å². The summed E-state index contributed by atoms with van der Waals surface area (Å²) in [6.45, 7) is 3.00. The van der Waals surface area contributed by atoms with E-state index in [9.17, 15) is 4.79 Å². The summed E-state index contributed by atoms with van der Waals surface area (Å²) in [6.07, 6.45) is 2.34. The van der Waals surface area contributed by atoms with Gasteiger partial charge < -0.3 is 14.0 Å². The van der Waals surface area contributed by atoms with Gasteiger partial charge >= 0.3 is 0 Å². The van der Waals surface area contributed by atoms with Crippen molar-refractivity contribution in [3.8, 4) is 0 Å². The van der Waals surface area contributed by atoms with E-state index in [-0.39, 0.29) is 17.7 Å². The first-order valence-electron chi connectivity index (χ1n) is 9.17. The zero-order chi connectivity index (χ0) is 19.1. The highest BCUT2D eigenvalue weighted by Gasteiger charge is 2.32. The van der Waals surface area contributed by atoms with E-state index in [1.807, 2.05) is 18.2 Å². The second-order valence-electron chi connectivity index (χ2n) is 6.99. The molecular weight excluding hydrogens is 356 g/mol. The molecule has 1 atom stereocenters. The van der Waals surface area contributed by atoms with Gasteiger partial charge in [0.25, 0.3) is 5.91 Å². The van der Waals surface area contributed by atoms with Crippen LogP contribution in [0.5, 0.6) is 0 Å². The van der Waals surface area contributed by atoms with Crippen LogP contribution < -0.4 is 0 Å². The Morgan fingerprint density at radius 2 is 2.04 bits per heavy atom. The molecule has 28 heavy (non-hydrogen) atoms. The van der Waals surface area contributed by atoms with Crippen molar-refractivity contribution >= 4 is 16.9 Å². The summed E-state index contributed by atoms with van der Waals surface area (Å²) in [5.74, 6) is 1.70. The van der Waals surface area contributed by atoms with Crippen LogP contribution in [0.15, 0.2) is 53.2 Å². The third-order valence-corrected chi connectivity index (χ3v) is 5.04. The van der Waals surface area contributed by atoms with Gasteiger partial charge in [-0.2, -0.15) is 0 Å². The maximum absolute atomic E-state index is 13.0. The van der Waals surface area contributed by atoms with Gasteiger partial charge in [0.15, 0.2) is 5.82 Å². The van der Waals surface area contributed by atoms with Gasteiger partial charge in [-0.25, -0.2) is 4.98 Å². The Morgan fingerprint density at radius 1 is 1.18 bits per heavy atom. The molecule has 0 unspecified atom stereocenters. The first-order valence-corrected chi connectivity index (χ1v) is 9.17. The molecule has 0 bridgehead atoms. The standard InChI is InChI=1S/C20H18N6O2/c1-13-11-25(20(27)18-15-8-5-9-21-19(15)24-28-18)12-17-23-22-16(26(13)17)10-14-6-3-2-4-7-14/h2-9,13H,10-12H2,1H3/t13-/m0/s1. The summed E-state index contributed by atoms with van der Waals surface area (Å²) in [7, 11) is 0. The zero-order valence-corrected chi connectivity index (χ0v) is 15.3. The smallest absolute Gasteiger partial charge is 0.293 e. The largest absolute Gasteiger partial charge is 0.348 e. The second kappa shape index (κ2) is 6.56. The molecule has 1 amide bonds. The van der Waals surface area contributed by atoms with Crippen LogP contribution in [-0.2, 0) is 13.0 Å². The Bertz CT molecular complexity index is 1150. The van der Waals surface area contributed by atoms with E-state index in [0.717, 1.165) is 11.6 Å². The van der Waals surface area contributed by atoms with Gasteiger partial charge in [-0.15, -0.1) is 10.2 Å². The Labute approximate surface area is 160 Å². The fourth-order valence-electron chi connectivity index (χ4n) is 3.75. The van der Waals surface area contributed by atoms with Gasteiger partial charge in [-0.3, -0.25) is 4.79 Å². The van der Waals surface area contributed by atoms with Gasteiger partial charge in [0, 0.05) is 19.2 Å². The minimum absolute atomic E-state index is 0.0636. The van der Waals surface area contributed by atoms with Gasteiger partial charge in [0.2, 0.25) is 11.4 Å². The van der Waals surface area contributed by atoms with Crippen LogP contribution in [0.4, 0.5) is 0 Å². The number of hydrogen-bond acceptors (Lipinski definition) is 6. The van der Waals surface area contributed by atoms with E-state index in [1.165, 1.54) is 5.56 Å². The van der Waals surface area contributed by atoms with Crippen LogP contribution in [0.2, 0.25) is 0 Å². The maximum Gasteiger partial charge on any atom is 0.293 e. The molecule has 4 aromatic rings. The lowest BCUT2D eigenvalue weighted by Crippen LogP contribution is -2.40. The van der Waals surface area contributed by atoms with Crippen molar-refractivity contribution in [3.63, 3.8) is 0 Å². The summed E-state index contributed by atoms with van der Waals surface area (Å²) < 4.78 is 7.43. The van der Waals surface area contributed by atoms with Crippen molar-refractivity contribution in [1.29, 1.82) is 0 Å². The van der Waals surface area contributed by atoms with Crippen LogP contribution in [0.1, 0.15) is 40.7 Å². The van der Waals surface area contributed by atoms with Crippen molar-refractivity contribution in [3.05, 3.63) is 71.6 Å². The Morgan fingerprint density at radius 3 is 2.89 bits per heavy atom. The number of carbonyl (C=O) groups excluding carboxylic acids is 1. The summed E-state index contributed by atoms with van der Waals surface area (Å²) >= 11 is 0. The summed E-state index contributed by atoms with van der Waals surface area (Å²) in [6, 6.07) is 13.8. The number of hydrogen-bond donors (Lipinski definition) is 0. The lowest BCUT2D eigenvalue weighted by atomic mass is 10.1. The van der Waals surface area contributed by atoms with Crippen LogP contribution in [0.3, 0.4) is 0 Å². The van der Waals surface area contributed by atoms with Crippen molar-refractivity contribution in [2.24, 2.45) is 0 Å². The number of rotatable bonds is 3. The minimum Gasteiger partial charge on any atom is -0.348 e. The highest BCUT2D eigenvalue weighted by Crippen LogP contribution is 2.26. The molecule has 0 aliphatic carbocycles. The Kier molecular flexibility index (Phi) is 3.89. The van der Waals surface area contributed by atoms with Gasteiger partial charge in [-0.1, -0.05) is 35.5 Å². The van der Waals surface area contributed by atoms with E-state index in [2.05, 4.69) is 44.0 Å². The first-order chi connectivity index (χ1) is 13.7. The van der Waals surface area contributed by atoms with E-state index in [0.29, 0.717) is 30.5 Å². The predicted octanol–water partition coefficient (Wildman–Crippen LogP) is 2.62. The third kappa shape index (κ3) is 2.74. The number of aromatic nitrogens is 5. The molecule has 0 saturated heterocycles. The van der Waals surface area contributed by atoms with Crippen LogP contribution in [0, 0.1) is 0 Å². The molecule has 8 nitrogen and oxygen atoms in total. The zero-order valence-electron chi connectivity index (χ0n) is 15.3. The summed E-state index contributed by atoms with van der Waals surface area (Å²) in [5.41, 5.74) is 1.62. The van der Waals surface area contributed by atoms with E-state index in [4.69, 9.17) is 4.52 Å². The lowest BCUT2D eigenvalue weighted by molar-refractivity contribution is 0.0640. The minimum atomic E-state index is -0.207. The van der Waals surface area contributed by atoms with Gasteiger partial charge in [-0.05, 0) is 24.6 Å². The van der Waals surface area contributed by atoms with Crippen molar-refractivity contribution in [1.82, 2.24) is 29.8 Å². The molecule has 3 aromatic heterocycles. The van der Waals surface area contributed by atoms with Crippen molar-refractivity contribution in [2.45, 2.75) is 25.9 Å². The quantitative estimate of drug-likeness (QED) is 0.548. The van der Waals surface area contributed by atoms with Crippen molar-refractivity contribution < 1.29 is 9.32 Å². The number of benzene rings is 1. The molecule has 8 heteroatoms. The highest BCUT2D eigenvalue weighted by molar-refractivity contribution is 6.02. The average molecular weight is 374 g/mol. The molecule has 0 saturated carbocycles. The van der Waals surface area contributed by atoms with Gasteiger partial charge in [0.05, 0.1) is 18.0 Å². The number of fused-ring (bicyclic) bond motifs is 2. The van der Waals surface area contributed by atoms with E-state index in [1.54, 1.807) is 23.2 Å². The van der Waals surface area contributed by atoms with Crippen molar-refractivity contribution in [2.75, 3.05) is 6.54 Å². The average Bonchev–Trinajstić information content (AvgIpc) is 3.33. The monoisotopic (exact) mass is 374 g/mol. The molecule has 0 spiro atoms. The molecule has 5 rings (SSSR count). The number of nitrogens with zero attached hydrogens (tertiary/aromatic N) is 6. The molecule has 140 valence electrons. The predicted molar refractivity (Wildman–Crippen MR) is 101 cm³/mol. The number of amides is 1. The molecular formula is C20H18N6O2. The molecule has 1 aliphatic heterocycles. The van der Waals surface area contributed by atoms with E-state index < -0.39 is 0 Å². The van der Waals surface area contributed by atoms with Crippen LogP contribution in [0.25, 0.3) is 11.0 Å². The van der Waals surface area contributed by atoms with Crippen LogP contribution in [-0.4, -0.2) is 42.3 Å². The second-order valence-corrected chi connectivity index (χ2v) is 6.99. The van der Waals surface area contributed by atoms with Crippen LogP contribution >= 0.6 is 0 Å². The summed E-state index contributed by atoms with van der Waals surface area (Å²) in [4.78, 5) is 18.9. The number of carbonyl (C=O) groups is 1. The highest BCUT2D eigenvalue weighted by atomic mass is 16.5.